The number of carbonyl (C=O) groups is 2. The van der Waals surface area contributed by atoms with Gasteiger partial charge in [-0.2, -0.15) is 0 Å². The molecule has 21 heavy (non-hydrogen) atoms. The van der Waals surface area contributed by atoms with Crippen molar-refractivity contribution in [2.45, 2.75) is 58.0 Å². The van der Waals surface area contributed by atoms with Crippen LogP contribution in [0.25, 0.3) is 0 Å². The minimum atomic E-state index is -0.237. The molecule has 0 bridgehead atoms. The van der Waals surface area contributed by atoms with Gasteiger partial charge in [0.2, 0.25) is 11.8 Å². The fourth-order valence-corrected chi connectivity index (χ4v) is 3.51. The van der Waals surface area contributed by atoms with Crippen molar-refractivity contribution in [3.8, 4) is 0 Å². The summed E-state index contributed by atoms with van der Waals surface area (Å²) in [6, 6.07) is -0.0808. The van der Waals surface area contributed by atoms with Crippen molar-refractivity contribution < 1.29 is 9.59 Å². The van der Waals surface area contributed by atoms with Gasteiger partial charge in [-0.25, -0.2) is 0 Å². The fourth-order valence-electron chi connectivity index (χ4n) is 3.51. The van der Waals surface area contributed by atoms with Crippen molar-refractivity contribution in [3.05, 3.63) is 0 Å². The van der Waals surface area contributed by atoms with Gasteiger partial charge in [0.15, 0.2) is 0 Å². The van der Waals surface area contributed by atoms with Gasteiger partial charge in [0.25, 0.3) is 0 Å². The maximum absolute atomic E-state index is 12.6. The number of nitrogens with two attached hydrogens (primary N) is 1. The van der Waals surface area contributed by atoms with E-state index in [0.29, 0.717) is 13.1 Å². The van der Waals surface area contributed by atoms with Crippen molar-refractivity contribution in [2.75, 3.05) is 19.6 Å². The third-order valence-corrected chi connectivity index (χ3v) is 4.72. The molecule has 6 heteroatoms. The third kappa shape index (κ3) is 3.89. The molecular formula is C15H28ClN3O2. The number of nitrogens with zero attached hydrogens (tertiary/aromatic N) is 2. The molecule has 1 aliphatic carbocycles. The lowest BCUT2D eigenvalue weighted by Crippen LogP contribution is -2.49. The van der Waals surface area contributed by atoms with Crippen molar-refractivity contribution in [1.82, 2.24) is 9.80 Å². The molecule has 3 unspecified atom stereocenters. The molecule has 2 N–H and O–H groups in total. The van der Waals surface area contributed by atoms with E-state index in [1.807, 2.05) is 23.6 Å². The van der Waals surface area contributed by atoms with E-state index in [-0.39, 0.29) is 42.2 Å². The molecule has 0 aromatic rings. The summed E-state index contributed by atoms with van der Waals surface area (Å²) in [5.74, 6) is 0.305. The zero-order valence-corrected chi connectivity index (χ0v) is 13.9. The van der Waals surface area contributed by atoms with Crippen LogP contribution in [0.4, 0.5) is 0 Å². The largest absolute Gasteiger partial charge is 0.341 e. The minimum Gasteiger partial charge on any atom is -0.341 e. The summed E-state index contributed by atoms with van der Waals surface area (Å²) < 4.78 is 0. The van der Waals surface area contributed by atoms with Crippen LogP contribution in [0.15, 0.2) is 0 Å². The summed E-state index contributed by atoms with van der Waals surface area (Å²) >= 11 is 0. The van der Waals surface area contributed by atoms with Crippen molar-refractivity contribution in [2.24, 2.45) is 11.7 Å². The zero-order valence-electron chi connectivity index (χ0n) is 13.1. The molecule has 1 saturated heterocycles. The van der Waals surface area contributed by atoms with E-state index in [2.05, 4.69) is 0 Å². The second-order valence-corrected chi connectivity index (χ2v) is 5.97. The Morgan fingerprint density at radius 3 is 2.38 bits per heavy atom. The van der Waals surface area contributed by atoms with Crippen LogP contribution in [-0.2, 0) is 9.59 Å². The van der Waals surface area contributed by atoms with Crippen LogP contribution in [0.1, 0.15) is 46.0 Å². The molecule has 0 aromatic heterocycles. The Bertz CT molecular complexity index is 374. The van der Waals surface area contributed by atoms with E-state index in [0.717, 1.165) is 38.6 Å². The molecule has 2 rings (SSSR count). The molecule has 5 nitrogen and oxygen atoms in total. The SMILES string of the molecule is CCN(CC)C(=O)C1CCCN1C(=O)C1CCC(N)C1.Cl. The number of hydrogen-bond acceptors (Lipinski definition) is 3. The van der Waals surface area contributed by atoms with Crippen LogP contribution < -0.4 is 5.73 Å². The second kappa shape index (κ2) is 7.99. The molecule has 1 aliphatic heterocycles. The maximum Gasteiger partial charge on any atom is 0.245 e. The van der Waals surface area contributed by atoms with Gasteiger partial charge in [-0.15, -0.1) is 12.4 Å². The zero-order chi connectivity index (χ0) is 14.7. The number of amides is 2. The molecule has 2 fully saturated rings. The average Bonchev–Trinajstić information content (AvgIpc) is 3.07. The molecule has 2 aliphatic rings. The van der Waals surface area contributed by atoms with Gasteiger partial charge in [0.05, 0.1) is 0 Å². The van der Waals surface area contributed by atoms with Crippen molar-refractivity contribution >= 4 is 24.2 Å². The van der Waals surface area contributed by atoms with E-state index in [1.54, 1.807) is 0 Å². The highest BCUT2D eigenvalue weighted by atomic mass is 35.5. The Morgan fingerprint density at radius 1 is 1.19 bits per heavy atom. The van der Waals surface area contributed by atoms with E-state index in [9.17, 15) is 9.59 Å². The summed E-state index contributed by atoms with van der Waals surface area (Å²) in [4.78, 5) is 28.8. The lowest BCUT2D eigenvalue weighted by atomic mass is 10.1. The highest BCUT2D eigenvalue weighted by Gasteiger charge is 2.40. The van der Waals surface area contributed by atoms with Crippen LogP contribution >= 0.6 is 12.4 Å². The van der Waals surface area contributed by atoms with Gasteiger partial charge in [0.1, 0.15) is 6.04 Å². The molecule has 0 aromatic carbocycles. The van der Waals surface area contributed by atoms with Gasteiger partial charge in [-0.1, -0.05) is 0 Å². The molecule has 122 valence electrons. The van der Waals surface area contributed by atoms with Crippen molar-refractivity contribution in [1.29, 1.82) is 0 Å². The molecule has 1 heterocycles. The first kappa shape index (κ1) is 18.2. The minimum absolute atomic E-state index is 0. The van der Waals surface area contributed by atoms with E-state index >= 15 is 0 Å². The fraction of sp³-hybridized carbons (Fsp3) is 0.867. The number of likely N-dealkylation sites (N-methyl/N-ethyl adjacent to an activating group) is 1. The molecule has 0 spiro atoms. The van der Waals surface area contributed by atoms with Gasteiger partial charge in [0, 0.05) is 31.6 Å². The van der Waals surface area contributed by atoms with Crippen molar-refractivity contribution in [3.63, 3.8) is 0 Å². The quantitative estimate of drug-likeness (QED) is 0.852. The Hall–Kier alpha value is -0.810. The normalized spacial score (nSPS) is 28.3. The Kier molecular flexibility index (Phi) is 6.94. The predicted octanol–water partition coefficient (Wildman–Crippen LogP) is 1.39. The summed E-state index contributed by atoms with van der Waals surface area (Å²) in [6.45, 7) is 6.11. The highest BCUT2D eigenvalue weighted by molar-refractivity contribution is 5.89. The molecular weight excluding hydrogens is 290 g/mol. The Balaban J connectivity index is 0.00000220. The average molecular weight is 318 g/mol. The number of likely N-dealkylation sites (tertiary alicyclic amines) is 1. The smallest absolute Gasteiger partial charge is 0.245 e. The Labute approximate surface area is 133 Å². The van der Waals surface area contributed by atoms with E-state index in [1.165, 1.54) is 0 Å². The van der Waals surface area contributed by atoms with E-state index < -0.39 is 0 Å². The van der Waals surface area contributed by atoms with E-state index in [4.69, 9.17) is 5.73 Å². The van der Waals surface area contributed by atoms with Gasteiger partial charge < -0.3 is 15.5 Å². The summed E-state index contributed by atoms with van der Waals surface area (Å²) in [7, 11) is 0. The van der Waals surface area contributed by atoms with Crippen LogP contribution in [0.5, 0.6) is 0 Å². The molecule has 1 saturated carbocycles. The monoisotopic (exact) mass is 317 g/mol. The van der Waals surface area contributed by atoms with Gasteiger partial charge >= 0.3 is 0 Å². The summed E-state index contributed by atoms with van der Waals surface area (Å²) in [5.41, 5.74) is 5.90. The van der Waals surface area contributed by atoms with Gasteiger partial charge in [-0.05, 0) is 46.0 Å². The first-order valence-electron chi connectivity index (χ1n) is 7.93. The highest BCUT2D eigenvalue weighted by Crippen LogP contribution is 2.29. The first-order valence-corrected chi connectivity index (χ1v) is 7.93. The lowest BCUT2D eigenvalue weighted by molar-refractivity contribution is -0.145. The summed E-state index contributed by atoms with van der Waals surface area (Å²) in [6.07, 6.45) is 4.32. The van der Waals surface area contributed by atoms with Crippen LogP contribution in [0.3, 0.4) is 0 Å². The number of hydrogen-bond donors (Lipinski definition) is 1. The third-order valence-electron chi connectivity index (χ3n) is 4.72. The van der Waals surface area contributed by atoms with Gasteiger partial charge in [-0.3, -0.25) is 9.59 Å². The topological polar surface area (TPSA) is 66.6 Å². The first-order chi connectivity index (χ1) is 9.58. The molecule has 0 radical (unpaired) electrons. The van der Waals surface area contributed by atoms with Crippen LogP contribution in [-0.4, -0.2) is 53.3 Å². The summed E-state index contributed by atoms with van der Waals surface area (Å²) in [5, 5.41) is 0. The maximum atomic E-state index is 12.6. The number of halogens is 1. The Morgan fingerprint density at radius 2 is 1.86 bits per heavy atom. The standard InChI is InChI=1S/C15H27N3O2.ClH/c1-3-17(4-2)15(20)13-6-5-9-18(13)14(19)11-7-8-12(16)10-11;/h11-13H,3-10,16H2,1-2H3;1H. The van der Waals surface area contributed by atoms with Crippen LogP contribution in [0, 0.1) is 5.92 Å². The lowest BCUT2D eigenvalue weighted by Gasteiger charge is -2.30. The molecule has 3 atom stereocenters. The predicted molar refractivity (Wildman–Crippen MR) is 85.2 cm³/mol. The number of rotatable bonds is 4. The number of carbonyl (C=O) groups excluding carboxylic acids is 2. The molecule has 2 amide bonds. The second-order valence-electron chi connectivity index (χ2n) is 5.97. The van der Waals surface area contributed by atoms with Crippen LogP contribution in [0.2, 0.25) is 0 Å².